The topological polar surface area (TPSA) is 54.5 Å². The Morgan fingerprint density at radius 2 is 2.00 bits per heavy atom. The Bertz CT molecular complexity index is 786. The molecule has 0 N–H and O–H groups in total. The van der Waals surface area contributed by atoms with Gasteiger partial charge in [-0.1, -0.05) is 27.5 Å². The van der Waals surface area contributed by atoms with Gasteiger partial charge in [-0.25, -0.2) is 0 Å². The van der Waals surface area contributed by atoms with Gasteiger partial charge in [-0.15, -0.1) is 11.3 Å². The molecule has 2 heterocycles. The van der Waals surface area contributed by atoms with E-state index in [0.29, 0.717) is 20.5 Å². The van der Waals surface area contributed by atoms with Gasteiger partial charge in [-0.05, 0) is 30.3 Å². The number of halogens is 2. The fourth-order valence-corrected chi connectivity index (χ4v) is 3.43. The van der Waals surface area contributed by atoms with E-state index in [-0.39, 0.29) is 12.3 Å². The van der Waals surface area contributed by atoms with Crippen LogP contribution in [-0.4, -0.2) is 24.0 Å². The Morgan fingerprint density at radius 3 is 2.67 bits per heavy atom. The van der Waals surface area contributed by atoms with Gasteiger partial charge >= 0.3 is 0 Å². The van der Waals surface area contributed by atoms with Crippen LogP contribution in [0.4, 0.5) is 5.69 Å². The van der Waals surface area contributed by atoms with Crippen molar-refractivity contribution in [3.8, 4) is 0 Å². The predicted octanol–water partition coefficient (Wildman–Crippen LogP) is 3.58. The van der Waals surface area contributed by atoms with Gasteiger partial charge < -0.3 is 0 Å². The Kier molecular flexibility index (Phi) is 3.69. The highest BCUT2D eigenvalue weighted by Gasteiger charge is 2.37. The van der Waals surface area contributed by atoms with Crippen molar-refractivity contribution >= 4 is 62.0 Å². The first-order valence-corrected chi connectivity index (χ1v) is 7.90. The molecule has 0 saturated heterocycles. The quantitative estimate of drug-likeness (QED) is 0.600. The Morgan fingerprint density at radius 1 is 1.24 bits per heavy atom. The summed E-state index contributed by atoms with van der Waals surface area (Å²) in [4.78, 5) is 37.8. The van der Waals surface area contributed by atoms with E-state index in [1.54, 1.807) is 30.3 Å². The molecule has 2 aromatic rings. The summed E-state index contributed by atoms with van der Waals surface area (Å²) in [6.45, 7) is -0.176. The lowest BCUT2D eigenvalue weighted by Crippen LogP contribution is -2.34. The zero-order chi connectivity index (χ0) is 15.1. The van der Waals surface area contributed by atoms with Crippen LogP contribution in [0, 0.1) is 0 Å². The van der Waals surface area contributed by atoms with Gasteiger partial charge in [0.1, 0.15) is 0 Å². The molecule has 0 aliphatic carbocycles. The Balaban J connectivity index is 1.93. The van der Waals surface area contributed by atoms with Gasteiger partial charge in [-0.3, -0.25) is 19.3 Å². The number of ketones is 2. The summed E-state index contributed by atoms with van der Waals surface area (Å²) in [5, 5.41) is 0. The molecule has 0 atom stereocenters. The first-order valence-electron chi connectivity index (χ1n) is 5.91. The lowest BCUT2D eigenvalue weighted by Gasteiger charge is -2.15. The third-order valence-corrected chi connectivity index (χ3v) is 4.85. The van der Waals surface area contributed by atoms with Crippen LogP contribution in [0.3, 0.4) is 0 Å². The average Bonchev–Trinajstić information content (AvgIpc) is 2.97. The lowest BCUT2D eigenvalue weighted by atomic mass is 10.1. The number of rotatable bonds is 3. The Labute approximate surface area is 137 Å². The van der Waals surface area contributed by atoms with Crippen LogP contribution in [0.2, 0.25) is 4.34 Å². The highest BCUT2D eigenvalue weighted by Crippen LogP contribution is 2.32. The summed E-state index contributed by atoms with van der Waals surface area (Å²) in [5.74, 6) is -1.52. The van der Waals surface area contributed by atoms with E-state index in [1.165, 1.54) is 4.90 Å². The fourth-order valence-electron chi connectivity index (χ4n) is 2.11. The molecular weight excluding hydrogens is 378 g/mol. The van der Waals surface area contributed by atoms with Crippen LogP contribution in [0.1, 0.15) is 20.0 Å². The second-order valence-corrected chi connectivity index (χ2v) is 7.04. The molecule has 0 spiro atoms. The lowest BCUT2D eigenvalue weighted by molar-refractivity contribution is -0.114. The van der Waals surface area contributed by atoms with Crippen molar-refractivity contribution in [2.75, 3.05) is 11.4 Å². The van der Waals surface area contributed by atoms with E-state index < -0.39 is 11.7 Å². The van der Waals surface area contributed by atoms with E-state index in [2.05, 4.69) is 15.9 Å². The van der Waals surface area contributed by atoms with Crippen LogP contribution in [0.5, 0.6) is 0 Å². The van der Waals surface area contributed by atoms with Gasteiger partial charge in [0.15, 0.2) is 5.78 Å². The number of thiophene rings is 1. The Hall–Kier alpha value is -1.50. The molecule has 0 saturated carbocycles. The molecule has 1 aromatic carbocycles. The molecule has 7 heteroatoms. The van der Waals surface area contributed by atoms with E-state index in [1.807, 2.05) is 0 Å². The average molecular weight is 385 g/mol. The standard InChI is InChI=1S/C14H7BrClNO3S/c15-7-1-2-8-9(5-7)17(14(20)13(8)19)6-10(18)11-3-4-12(16)21-11/h1-5H,6H2. The first kappa shape index (κ1) is 14.4. The van der Waals surface area contributed by atoms with Crippen molar-refractivity contribution in [2.24, 2.45) is 0 Å². The fraction of sp³-hybridized carbons (Fsp3) is 0.0714. The van der Waals surface area contributed by atoms with Gasteiger partial charge in [0.05, 0.1) is 27.0 Å². The molecular formula is C14H7BrClNO3S. The van der Waals surface area contributed by atoms with Gasteiger partial charge in [0.2, 0.25) is 0 Å². The van der Waals surface area contributed by atoms with Gasteiger partial charge in [-0.2, -0.15) is 0 Å². The second kappa shape index (κ2) is 5.36. The van der Waals surface area contributed by atoms with Crippen LogP contribution in [0.15, 0.2) is 34.8 Å². The normalized spacial score (nSPS) is 13.7. The first-order chi connectivity index (χ1) is 9.97. The molecule has 1 aliphatic rings. The minimum absolute atomic E-state index is 0.176. The van der Waals surface area contributed by atoms with Crippen LogP contribution < -0.4 is 4.90 Å². The highest BCUT2D eigenvalue weighted by molar-refractivity contribution is 9.10. The third-order valence-electron chi connectivity index (χ3n) is 3.08. The summed E-state index contributed by atoms with van der Waals surface area (Å²) >= 11 is 10.2. The molecule has 0 bridgehead atoms. The number of carbonyl (C=O) groups excluding carboxylic acids is 3. The molecule has 1 aliphatic heterocycles. The number of carbonyl (C=O) groups is 3. The number of hydrogen-bond acceptors (Lipinski definition) is 4. The largest absolute Gasteiger partial charge is 0.299 e. The number of fused-ring (bicyclic) bond motifs is 1. The van der Waals surface area contributed by atoms with Crippen molar-refractivity contribution in [1.29, 1.82) is 0 Å². The summed E-state index contributed by atoms with van der Waals surface area (Å²) in [6.07, 6.45) is 0. The predicted molar refractivity (Wildman–Crippen MR) is 84.5 cm³/mol. The molecule has 4 nitrogen and oxygen atoms in total. The van der Waals surface area contributed by atoms with Crippen molar-refractivity contribution in [3.05, 3.63) is 49.6 Å². The molecule has 0 unspecified atom stereocenters. The highest BCUT2D eigenvalue weighted by atomic mass is 79.9. The van der Waals surface area contributed by atoms with Crippen LogP contribution in [-0.2, 0) is 4.79 Å². The van der Waals surface area contributed by atoms with Crippen LogP contribution >= 0.6 is 38.9 Å². The molecule has 3 rings (SSSR count). The van der Waals surface area contributed by atoms with E-state index in [4.69, 9.17) is 11.6 Å². The molecule has 1 aromatic heterocycles. The molecule has 106 valence electrons. The summed E-state index contributed by atoms with van der Waals surface area (Å²) < 4.78 is 1.24. The number of nitrogens with zero attached hydrogens (tertiary/aromatic N) is 1. The van der Waals surface area contributed by atoms with E-state index in [0.717, 1.165) is 15.8 Å². The minimum Gasteiger partial charge on any atom is -0.297 e. The SMILES string of the molecule is O=C(CN1C(=O)C(=O)c2ccc(Br)cc21)c1ccc(Cl)s1. The van der Waals surface area contributed by atoms with Crippen molar-refractivity contribution in [3.63, 3.8) is 0 Å². The smallest absolute Gasteiger partial charge is 0.297 e. The molecule has 21 heavy (non-hydrogen) atoms. The monoisotopic (exact) mass is 383 g/mol. The summed E-state index contributed by atoms with van der Waals surface area (Å²) in [7, 11) is 0. The van der Waals surface area contributed by atoms with Crippen molar-refractivity contribution < 1.29 is 14.4 Å². The second-order valence-electron chi connectivity index (χ2n) is 4.41. The molecule has 0 radical (unpaired) electrons. The zero-order valence-electron chi connectivity index (χ0n) is 10.4. The molecule has 1 amide bonds. The number of anilines is 1. The van der Waals surface area contributed by atoms with Crippen LogP contribution in [0.25, 0.3) is 0 Å². The molecule has 0 fully saturated rings. The third kappa shape index (κ3) is 2.54. The van der Waals surface area contributed by atoms with Gasteiger partial charge in [0, 0.05) is 4.47 Å². The minimum atomic E-state index is -0.681. The number of hydrogen-bond donors (Lipinski definition) is 0. The summed E-state index contributed by atoms with van der Waals surface area (Å²) in [5.41, 5.74) is 0.774. The number of amides is 1. The number of benzene rings is 1. The summed E-state index contributed by atoms with van der Waals surface area (Å²) in [6, 6.07) is 8.16. The van der Waals surface area contributed by atoms with Crippen molar-refractivity contribution in [1.82, 2.24) is 0 Å². The maximum absolute atomic E-state index is 12.2. The van der Waals surface area contributed by atoms with Crippen molar-refractivity contribution in [2.45, 2.75) is 0 Å². The maximum atomic E-state index is 12.2. The van der Waals surface area contributed by atoms with E-state index >= 15 is 0 Å². The maximum Gasteiger partial charge on any atom is 0.299 e. The van der Waals surface area contributed by atoms with Gasteiger partial charge in [0.25, 0.3) is 11.7 Å². The zero-order valence-corrected chi connectivity index (χ0v) is 13.6. The van der Waals surface area contributed by atoms with E-state index in [9.17, 15) is 14.4 Å². The number of Topliss-reactive ketones (excluding diaryl/α,β-unsaturated/α-hetero) is 2.